The van der Waals surface area contributed by atoms with E-state index < -0.39 is 0 Å². The molecule has 0 radical (unpaired) electrons. The summed E-state index contributed by atoms with van der Waals surface area (Å²) in [6, 6.07) is -0.0556. The van der Waals surface area contributed by atoms with Crippen LogP contribution in [0.5, 0.6) is 0 Å². The van der Waals surface area contributed by atoms with Gasteiger partial charge in [0.15, 0.2) is 4.96 Å². The van der Waals surface area contributed by atoms with E-state index in [1.165, 1.54) is 0 Å². The molecule has 2 N–H and O–H groups in total. The molecule has 104 valence electrons. The first-order valence-electron chi connectivity index (χ1n) is 6.33. The van der Waals surface area contributed by atoms with Gasteiger partial charge in [0, 0.05) is 29.0 Å². The van der Waals surface area contributed by atoms with Crippen LogP contribution in [0.1, 0.15) is 29.9 Å². The van der Waals surface area contributed by atoms with Crippen LogP contribution in [0.15, 0.2) is 24.0 Å². The topological polar surface area (TPSA) is 75.1 Å². The van der Waals surface area contributed by atoms with Gasteiger partial charge in [0.2, 0.25) is 5.91 Å². The standard InChI is InChI=1S/C13H15N5OS/c1-8-6-18-11(7-20-13(18)16-8)3-12(19)17-9(2)10-4-14-15-5-10/h4-7,9H,3H2,1-2H3,(H,14,15)(H,17,19). The number of imidazole rings is 1. The molecule has 1 atom stereocenters. The Morgan fingerprint density at radius 3 is 3.20 bits per heavy atom. The maximum absolute atomic E-state index is 12.1. The molecule has 20 heavy (non-hydrogen) atoms. The lowest BCUT2D eigenvalue weighted by Gasteiger charge is -2.11. The maximum atomic E-state index is 12.1. The molecule has 1 unspecified atom stereocenters. The summed E-state index contributed by atoms with van der Waals surface area (Å²) >= 11 is 1.55. The quantitative estimate of drug-likeness (QED) is 0.769. The van der Waals surface area contributed by atoms with Gasteiger partial charge in [0.05, 0.1) is 24.4 Å². The molecule has 0 aromatic carbocycles. The predicted octanol–water partition coefficient (Wildman–Crippen LogP) is 1.85. The molecular weight excluding hydrogens is 274 g/mol. The number of hydrogen-bond donors (Lipinski definition) is 2. The SMILES string of the molecule is Cc1cn2c(CC(=O)NC(C)c3cn[nH]c3)csc2n1. The van der Waals surface area contributed by atoms with E-state index >= 15 is 0 Å². The van der Waals surface area contributed by atoms with E-state index in [4.69, 9.17) is 0 Å². The molecule has 0 aliphatic heterocycles. The summed E-state index contributed by atoms with van der Waals surface area (Å²) in [6.45, 7) is 3.89. The lowest BCUT2D eigenvalue weighted by atomic mass is 10.2. The zero-order chi connectivity index (χ0) is 14.1. The summed E-state index contributed by atoms with van der Waals surface area (Å²) < 4.78 is 1.97. The summed E-state index contributed by atoms with van der Waals surface area (Å²) in [5.41, 5.74) is 2.89. The minimum atomic E-state index is -0.0556. The zero-order valence-corrected chi connectivity index (χ0v) is 12.1. The van der Waals surface area contributed by atoms with Gasteiger partial charge in [-0.25, -0.2) is 4.98 Å². The van der Waals surface area contributed by atoms with Crippen LogP contribution in [-0.4, -0.2) is 25.5 Å². The third-order valence-electron chi connectivity index (χ3n) is 3.14. The zero-order valence-electron chi connectivity index (χ0n) is 11.3. The number of nitrogens with one attached hydrogen (secondary N) is 2. The third kappa shape index (κ3) is 2.44. The van der Waals surface area contributed by atoms with Crippen LogP contribution in [0.2, 0.25) is 0 Å². The second-order valence-electron chi connectivity index (χ2n) is 4.76. The number of rotatable bonds is 4. The first kappa shape index (κ1) is 12.9. The number of carbonyl (C=O) groups is 1. The van der Waals surface area contributed by atoms with Crippen molar-refractivity contribution in [3.63, 3.8) is 0 Å². The molecule has 0 aliphatic carbocycles. The highest BCUT2D eigenvalue weighted by Gasteiger charge is 2.13. The molecule has 6 nitrogen and oxygen atoms in total. The lowest BCUT2D eigenvalue weighted by Crippen LogP contribution is -2.28. The van der Waals surface area contributed by atoms with Gasteiger partial charge in [0.25, 0.3) is 0 Å². The van der Waals surface area contributed by atoms with Crippen molar-refractivity contribution in [3.05, 3.63) is 40.9 Å². The Morgan fingerprint density at radius 2 is 2.45 bits per heavy atom. The number of carbonyl (C=O) groups excluding carboxylic acids is 1. The van der Waals surface area contributed by atoms with Crippen LogP contribution >= 0.6 is 11.3 Å². The molecule has 3 aromatic rings. The summed E-state index contributed by atoms with van der Waals surface area (Å²) in [6.07, 6.45) is 5.80. The number of hydrogen-bond acceptors (Lipinski definition) is 4. The molecule has 3 aromatic heterocycles. The molecule has 3 heterocycles. The monoisotopic (exact) mass is 289 g/mol. The molecule has 3 rings (SSSR count). The van der Waals surface area contributed by atoms with Crippen LogP contribution in [0.25, 0.3) is 4.96 Å². The Kier molecular flexibility index (Phi) is 3.27. The van der Waals surface area contributed by atoms with Gasteiger partial charge < -0.3 is 5.32 Å². The molecule has 0 spiro atoms. The van der Waals surface area contributed by atoms with Gasteiger partial charge in [-0.3, -0.25) is 14.3 Å². The van der Waals surface area contributed by atoms with Crippen molar-refractivity contribution < 1.29 is 4.79 Å². The van der Waals surface area contributed by atoms with E-state index in [1.807, 2.05) is 29.8 Å². The Labute approximate surface area is 119 Å². The summed E-state index contributed by atoms with van der Waals surface area (Å²) in [7, 11) is 0. The lowest BCUT2D eigenvalue weighted by molar-refractivity contribution is -0.121. The highest BCUT2D eigenvalue weighted by molar-refractivity contribution is 7.15. The van der Waals surface area contributed by atoms with Gasteiger partial charge in [-0.1, -0.05) is 0 Å². The van der Waals surface area contributed by atoms with Crippen molar-refractivity contribution in [1.82, 2.24) is 24.9 Å². The molecule has 0 saturated carbocycles. The molecule has 1 amide bonds. The molecule has 0 aliphatic rings. The van der Waals surface area contributed by atoms with Crippen LogP contribution in [-0.2, 0) is 11.2 Å². The number of amides is 1. The van der Waals surface area contributed by atoms with Crippen molar-refractivity contribution in [1.29, 1.82) is 0 Å². The fourth-order valence-electron chi connectivity index (χ4n) is 2.11. The second-order valence-corrected chi connectivity index (χ2v) is 5.60. The van der Waals surface area contributed by atoms with Gasteiger partial charge >= 0.3 is 0 Å². The Balaban J connectivity index is 1.69. The second kappa shape index (κ2) is 5.09. The van der Waals surface area contributed by atoms with E-state index in [2.05, 4.69) is 20.5 Å². The number of nitrogens with zero attached hydrogens (tertiary/aromatic N) is 3. The third-order valence-corrected chi connectivity index (χ3v) is 4.03. The fourth-order valence-corrected chi connectivity index (χ4v) is 3.03. The number of aromatic amines is 1. The molecule has 0 saturated heterocycles. The van der Waals surface area contributed by atoms with Crippen LogP contribution in [0.4, 0.5) is 0 Å². The van der Waals surface area contributed by atoms with Crippen LogP contribution < -0.4 is 5.32 Å². The predicted molar refractivity (Wildman–Crippen MR) is 76.7 cm³/mol. The van der Waals surface area contributed by atoms with Gasteiger partial charge in [0.1, 0.15) is 0 Å². The summed E-state index contributed by atoms with van der Waals surface area (Å²) in [4.78, 5) is 17.4. The van der Waals surface area contributed by atoms with E-state index in [0.717, 1.165) is 21.9 Å². The molecule has 0 bridgehead atoms. The average Bonchev–Trinajstić information content (AvgIpc) is 3.07. The van der Waals surface area contributed by atoms with Crippen molar-refractivity contribution in [2.24, 2.45) is 0 Å². The van der Waals surface area contributed by atoms with Crippen molar-refractivity contribution >= 4 is 22.2 Å². The minimum absolute atomic E-state index is 0.00949. The van der Waals surface area contributed by atoms with Crippen molar-refractivity contribution in [2.75, 3.05) is 0 Å². The summed E-state index contributed by atoms with van der Waals surface area (Å²) in [5.74, 6) is -0.00949. The van der Waals surface area contributed by atoms with Crippen molar-refractivity contribution in [3.8, 4) is 0 Å². The number of H-pyrrole nitrogens is 1. The number of aromatic nitrogens is 4. The van der Waals surface area contributed by atoms with Crippen LogP contribution in [0.3, 0.4) is 0 Å². The summed E-state index contributed by atoms with van der Waals surface area (Å²) in [5, 5.41) is 11.6. The Hall–Kier alpha value is -2.15. The number of aryl methyl sites for hydroxylation is 1. The van der Waals surface area contributed by atoms with Crippen LogP contribution in [0, 0.1) is 6.92 Å². The number of thiazole rings is 1. The van der Waals surface area contributed by atoms with Gasteiger partial charge in [-0.05, 0) is 13.8 Å². The van der Waals surface area contributed by atoms with E-state index in [9.17, 15) is 4.79 Å². The average molecular weight is 289 g/mol. The smallest absolute Gasteiger partial charge is 0.226 e. The van der Waals surface area contributed by atoms with Crippen molar-refractivity contribution in [2.45, 2.75) is 26.3 Å². The van der Waals surface area contributed by atoms with E-state index in [-0.39, 0.29) is 11.9 Å². The van der Waals surface area contributed by atoms with Gasteiger partial charge in [-0.2, -0.15) is 5.10 Å². The molecule has 0 fully saturated rings. The highest BCUT2D eigenvalue weighted by atomic mass is 32.1. The first-order valence-corrected chi connectivity index (χ1v) is 7.21. The fraction of sp³-hybridized carbons (Fsp3) is 0.308. The minimum Gasteiger partial charge on any atom is -0.349 e. The highest BCUT2D eigenvalue weighted by Crippen LogP contribution is 2.17. The largest absolute Gasteiger partial charge is 0.349 e. The van der Waals surface area contributed by atoms with E-state index in [1.54, 1.807) is 23.7 Å². The maximum Gasteiger partial charge on any atom is 0.226 e. The first-order chi connectivity index (χ1) is 9.63. The van der Waals surface area contributed by atoms with Gasteiger partial charge in [-0.15, -0.1) is 11.3 Å². The molecular formula is C13H15N5OS. The normalized spacial score (nSPS) is 12.7. The molecule has 7 heteroatoms. The number of fused-ring (bicyclic) bond motifs is 1. The Bertz CT molecular complexity index is 727. The Morgan fingerprint density at radius 1 is 1.60 bits per heavy atom. The van der Waals surface area contributed by atoms with E-state index in [0.29, 0.717) is 6.42 Å².